The molecule has 0 saturated carbocycles. The molecule has 1 atom stereocenters. The molecule has 1 heterocycles. The van der Waals surface area contributed by atoms with Gasteiger partial charge in [0.15, 0.2) is 0 Å². The van der Waals surface area contributed by atoms with Crippen molar-refractivity contribution >= 4 is 5.69 Å². The first-order valence-corrected chi connectivity index (χ1v) is 7.29. The van der Waals surface area contributed by atoms with E-state index < -0.39 is 0 Å². The molecule has 1 unspecified atom stereocenters. The van der Waals surface area contributed by atoms with E-state index >= 15 is 0 Å². The number of aryl methyl sites for hydroxylation is 1. The van der Waals surface area contributed by atoms with Crippen LogP contribution in [0.5, 0.6) is 0 Å². The van der Waals surface area contributed by atoms with E-state index in [1.165, 1.54) is 30.6 Å². The fraction of sp³-hybridized carbons (Fsp3) is 0.625. The Morgan fingerprint density at radius 1 is 1.33 bits per heavy atom. The highest BCUT2D eigenvalue weighted by atomic mass is 15.2. The Hall–Kier alpha value is -1.02. The highest BCUT2D eigenvalue weighted by molar-refractivity contribution is 5.54. The smallest absolute Gasteiger partial charge is 0.0399 e. The third kappa shape index (κ3) is 3.26. The largest absolute Gasteiger partial charge is 0.370 e. The number of para-hydroxylation sites is 1. The Balaban J connectivity index is 2.08. The molecule has 0 aliphatic carbocycles. The highest BCUT2D eigenvalue weighted by Gasteiger charge is 2.21. The van der Waals surface area contributed by atoms with Crippen LogP contribution in [0.2, 0.25) is 0 Å². The Morgan fingerprint density at radius 2 is 2.11 bits per heavy atom. The van der Waals surface area contributed by atoms with E-state index in [0.29, 0.717) is 12.1 Å². The van der Waals surface area contributed by atoms with Crippen molar-refractivity contribution in [2.24, 2.45) is 0 Å². The normalized spacial score (nSPS) is 20.4. The maximum atomic E-state index is 3.68. The molecule has 1 aromatic carbocycles. The molecule has 1 saturated heterocycles. The van der Waals surface area contributed by atoms with Crippen molar-refractivity contribution < 1.29 is 0 Å². The Morgan fingerprint density at radius 3 is 2.83 bits per heavy atom. The summed E-state index contributed by atoms with van der Waals surface area (Å²) in [6.07, 6.45) is 3.72. The van der Waals surface area contributed by atoms with Crippen molar-refractivity contribution in [2.45, 2.75) is 52.1 Å². The highest BCUT2D eigenvalue weighted by Crippen LogP contribution is 2.24. The van der Waals surface area contributed by atoms with Crippen molar-refractivity contribution in [3.63, 3.8) is 0 Å². The van der Waals surface area contributed by atoms with Crippen molar-refractivity contribution in [2.75, 3.05) is 18.0 Å². The Kier molecular flexibility index (Phi) is 4.65. The molecule has 1 fully saturated rings. The number of nitrogens with zero attached hydrogens (tertiary/aromatic N) is 1. The van der Waals surface area contributed by atoms with Gasteiger partial charge in [0.1, 0.15) is 0 Å². The van der Waals surface area contributed by atoms with Gasteiger partial charge in [-0.3, -0.25) is 0 Å². The fourth-order valence-corrected chi connectivity index (χ4v) is 2.92. The minimum atomic E-state index is 0.580. The first kappa shape index (κ1) is 13.4. The number of rotatable bonds is 4. The molecule has 0 aromatic heterocycles. The lowest BCUT2D eigenvalue weighted by Gasteiger charge is -2.36. The van der Waals surface area contributed by atoms with Gasteiger partial charge in [-0.2, -0.15) is 0 Å². The summed E-state index contributed by atoms with van der Waals surface area (Å²) < 4.78 is 0. The second-order valence-electron chi connectivity index (χ2n) is 5.59. The predicted octanol–water partition coefficient (Wildman–Crippen LogP) is 3.22. The number of anilines is 1. The number of piperidine rings is 1. The van der Waals surface area contributed by atoms with Gasteiger partial charge in [0, 0.05) is 30.9 Å². The van der Waals surface area contributed by atoms with Gasteiger partial charge in [0.25, 0.3) is 0 Å². The van der Waals surface area contributed by atoms with Gasteiger partial charge in [-0.1, -0.05) is 39.0 Å². The number of nitrogens with one attached hydrogen (secondary N) is 1. The SMILES string of the molecule is CCc1ccccc1N1CCCC(NC(C)C)C1. The molecule has 2 heteroatoms. The first-order chi connectivity index (χ1) is 8.70. The molecular weight excluding hydrogens is 220 g/mol. The summed E-state index contributed by atoms with van der Waals surface area (Å²) >= 11 is 0. The van der Waals surface area contributed by atoms with Crippen LogP contribution in [0, 0.1) is 0 Å². The van der Waals surface area contributed by atoms with Crippen LogP contribution < -0.4 is 10.2 Å². The van der Waals surface area contributed by atoms with Gasteiger partial charge in [0.05, 0.1) is 0 Å². The summed E-state index contributed by atoms with van der Waals surface area (Å²) in [6.45, 7) is 9.06. The van der Waals surface area contributed by atoms with E-state index in [2.05, 4.69) is 55.3 Å². The van der Waals surface area contributed by atoms with Crippen molar-refractivity contribution in [3.05, 3.63) is 29.8 Å². The fourth-order valence-electron chi connectivity index (χ4n) is 2.92. The van der Waals surface area contributed by atoms with E-state index in [0.717, 1.165) is 13.0 Å². The summed E-state index contributed by atoms with van der Waals surface area (Å²) in [5.74, 6) is 0. The van der Waals surface area contributed by atoms with Crippen LogP contribution in [0.15, 0.2) is 24.3 Å². The summed E-state index contributed by atoms with van der Waals surface area (Å²) in [6, 6.07) is 10.1. The van der Waals surface area contributed by atoms with Gasteiger partial charge in [-0.15, -0.1) is 0 Å². The van der Waals surface area contributed by atoms with Gasteiger partial charge >= 0.3 is 0 Å². The van der Waals surface area contributed by atoms with E-state index in [4.69, 9.17) is 0 Å². The molecule has 18 heavy (non-hydrogen) atoms. The van der Waals surface area contributed by atoms with Crippen molar-refractivity contribution in [1.82, 2.24) is 5.32 Å². The minimum absolute atomic E-state index is 0.580. The van der Waals surface area contributed by atoms with Crippen LogP contribution >= 0.6 is 0 Å². The van der Waals surface area contributed by atoms with Crippen molar-refractivity contribution in [1.29, 1.82) is 0 Å². The average molecular weight is 246 g/mol. The van der Waals surface area contributed by atoms with E-state index in [1.807, 2.05) is 0 Å². The summed E-state index contributed by atoms with van der Waals surface area (Å²) in [4.78, 5) is 2.56. The molecule has 100 valence electrons. The topological polar surface area (TPSA) is 15.3 Å². The van der Waals surface area contributed by atoms with Crippen LogP contribution in [0.3, 0.4) is 0 Å². The quantitative estimate of drug-likeness (QED) is 0.877. The molecule has 2 rings (SSSR count). The third-order valence-corrected chi connectivity index (χ3v) is 3.70. The van der Waals surface area contributed by atoms with E-state index in [9.17, 15) is 0 Å². The summed E-state index contributed by atoms with van der Waals surface area (Å²) in [5.41, 5.74) is 2.91. The standard InChI is InChI=1S/C16H26N2/c1-4-14-8-5-6-10-16(14)18-11-7-9-15(12-18)17-13(2)3/h5-6,8,10,13,15,17H,4,7,9,11-12H2,1-3H3. The molecule has 1 aliphatic rings. The number of hydrogen-bond donors (Lipinski definition) is 1. The molecule has 1 aliphatic heterocycles. The van der Waals surface area contributed by atoms with Gasteiger partial charge in [0.2, 0.25) is 0 Å². The minimum Gasteiger partial charge on any atom is -0.370 e. The van der Waals surface area contributed by atoms with Gasteiger partial charge < -0.3 is 10.2 Å². The van der Waals surface area contributed by atoms with Gasteiger partial charge in [-0.05, 0) is 30.9 Å². The lowest BCUT2D eigenvalue weighted by Crippen LogP contribution is -2.48. The van der Waals surface area contributed by atoms with Crippen molar-refractivity contribution in [3.8, 4) is 0 Å². The average Bonchev–Trinajstić information content (AvgIpc) is 2.38. The van der Waals surface area contributed by atoms with Gasteiger partial charge in [-0.25, -0.2) is 0 Å². The molecule has 0 bridgehead atoms. The zero-order valence-electron chi connectivity index (χ0n) is 11.9. The van der Waals surface area contributed by atoms with Crippen LogP contribution in [-0.4, -0.2) is 25.2 Å². The maximum absolute atomic E-state index is 3.68. The predicted molar refractivity (Wildman–Crippen MR) is 79.3 cm³/mol. The summed E-state index contributed by atoms with van der Waals surface area (Å²) in [5, 5.41) is 3.68. The van der Waals surface area contributed by atoms with Crippen LogP contribution in [0.1, 0.15) is 39.2 Å². The number of benzene rings is 1. The summed E-state index contributed by atoms with van der Waals surface area (Å²) in [7, 11) is 0. The zero-order valence-corrected chi connectivity index (χ0v) is 11.9. The Labute approximate surface area is 111 Å². The second-order valence-corrected chi connectivity index (χ2v) is 5.59. The maximum Gasteiger partial charge on any atom is 0.0399 e. The molecular formula is C16H26N2. The Bertz CT molecular complexity index is 373. The van der Waals surface area contributed by atoms with Crippen LogP contribution in [0.25, 0.3) is 0 Å². The van der Waals surface area contributed by atoms with E-state index in [-0.39, 0.29) is 0 Å². The molecule has 1 aromatic rings. The zero-order chi connectivity index (χ0) is 13.0. The molecule has 1 N–H and O–H groups in total. The van der Waals surface area contributed by atoms with E-state index in [1.54, 1.807) is 0 Å². The number of hydrogen-bond acceptors (Lipinski definition) is 2. The first-order valence-electron chi connectivity index (χ1n) is 7.29. The molecule has 0 radical (unpaired) electrons. The molecule has 2 nitrogen and oxygen atoms in total. The third-order valence-electron chi connectivity index (χ3n) is 3.70. The molecule has 0 amide bonds. The van der Waals surface area contributed by atoms with Crippen LogP contribution in [-0.2, 0) is 6.42 Å². The monoisotopic (exact) mass is 246 g/mol. The lowest BCUT2D eigenvalue weighted by atomic mass is 10.0. The second kappa shape index (κ2) is 6.24. The molecule has 0 spiro atoms. The van der Waals surface area contributed by atoms with Crippen LogP contribution in [0.4, 0.5) is 5.69 Å². The lowest BCUT2D eigenvalue weighted by molar-refractivity contribution is 0.394.